The van der Waals surface area contributed by atoms with E-state index in [0.29, 0.717) is 0 Å². The first-order chi connectivity index (χ1) is 9.93. The maximum absolute atomic E-state index is 2.25. The first kappa shape index (κ1) is 12.8. The zero-order valence-corrected chi connectivity index (χ0v) is 12.7. The van der Waals surface area contributed by atoms with Crippen LogP contribution in [0.25, 0.3) is 43.1 Å². The summed E-state index contributed by atoms with van der Waals surface area (Å²) in [6.45, 7) is 0. The molecule has 21 heavy (non-hydrogen) atoms. The van der Waals surface area contributed by atoms with Gasteiger partial charge in [-0.3, -0.25) is 0 Å². The molecule has 0 aromatic heterocycles. The molecule has 0 bridgehead atoms. The van der Waals surface area contributed by atoms with Crippen LogP contribution in [-0.2, 0) is 22.4 Å². The summed E-state index contributed by atoms with van der Waals surface area (Å²) in [4.78, 5) is 0. The van der Waals surface area contributed by atoms with E-state index < -0.39 is 0 Å². The predicted octanol–water partition coefficient (Wildman–Crippen LogP) is 5.73. The van der Waals surface area contributed by atoms with Crippen molar-refractivity contribution >= 4 is 43.1 Å². The molecule has 1 heteroatoms. The van der Waals surface area contributed by atoms with Crippen molar-refractivity contribution in [3.05, 3.63) is 72.8 Å². The fraction of sp³-hybridized carbons (Fsp3) is 0. The standard InChI is InChI=1S/C20H12.Ag/c1-5-13-6-2-11-17-18-12-4-8-14-7-3-10-16(20(14)18)15(9-1)19(13)17;/h1-12H;. The van der Waals surface area contributed by atoms with E-state index in [1.54, 1.807) is 0 Å². The zero-order chi connectivity index (χ0) is 13.1. The summed E-state index contributed by atoms with van der Waals surface area (Å²) < 4.78 is 0. The third-order valence-corrected chi connectivity index (χ3v) is 4.39. The summed E-state index contributed by atoms with van der Waals surface area (Å²) >= 11 is 0. The molecular weight excluding hydrogens is 348 g/mol. The van der Waals surface area contributed by atoms with Gasteiger partial charge in [0, 0.05) is 22.4 Å². The van der Waals surface area contributed by atoms with Gasteiger partial charge >= 0.3 is 0 Å². The summed E-state index contributed by atoms with van der Waals surface area (Å²) in [7, 11) is 0. The van der Waals surface area contributed by atoms with Gasteiger partial charge in [0.2, 0.25) is 0 Å². The Hall–Kier alpha value is -1.86. The van der Waals surface area contributed by atoms with E-state index in [0.717, 1.165) is 0 Å². The van der Waals surface area contributed by atoms with Gasteiger partial charge in [0.25, 0.3) is 0 Å². The molecule has 0 heterocycles. The van der Waals surface area contributed by atoms with Crippen molar-refractivity contribution in [3.63, 3.8) is 0 Å². The van der Waals surface area contributed by atoms with Crippen LogP contribution < -0.4 is 0 Å². The molecule has 5 rings (SSSR count). The van der Waals surface area contributed by atoms with Crippen LogP contribution in [0.5, 0.6) is 0 Å². The Morgan fingerprint density at radius 1 is 0.381 bits per heavy atom. The number of benzene rings is 5. The smallest absolute Gasteiger partial charge is 0 e. The van der Waals surface area contributed by atoms with Crippen LogP contribution in [-0.4, -0.2) is 0 Å². The van der Waals surface area contributed by atoms with Crippen LogP contribution in [0.2, 0.25) is 0 Å². The Kier molecular flexibility index (Phi) is 2.80. The summed E-state index contributed by atoms with van der Waals surface area (Å²) in [6, 6.07) is 26.4. The maximum atomic E-state index is 2.25. The Morgan fingerprint density at radius 3 is 0.952 bits per heavy atom. The zero-order valence-electron chi connectivity index (χ0n) is 11.2. The summed E-state index contributed by atoms with van der Waals surface area (Å²) in [5, 5.41) is 10.9. The quantitative estimate of drug-likeness (QED) is 0.188. The van der Waals surface area contributed by atoms with E-state index in [4.69, 9.17) is 0 Å². The second-order valence-corrected chi connectivity index (χ2v) is 5.42. The second-order valence-electron chi connectivity index (χ2n) is 5.42. The van der Waals surface area contributed by atoms with Crippen LogP contribution >= 0.6 is 0 Å². The summed E-state index contributed by atoms with van der Waals surface area (Å²) in [6.07, 6.45) is 0. The maximum Gasteiger partial charge on any atom is 0 e. The molecule has 5 aromatic rings. The average Bonchev–Trinajstić information content (AvgIpc) is 2.52. The molecule has 5 aromatic carbocycles. The van der Waals surface area contributed by atoms with Gasteiger partial charge < -0.3 is 0 Å². The van der Waals surface area contributed by atoms with Gasteiger partial charge in [0.1, 0.15) is 0 Å². The number of hydrogen-bond acceptors (Lipinski definition) is 0. The SMILES string of the molecule is [Ag].c1cc2cccc3c4cccc5cccc(c(c1)c23)c54. The van der Waals surface area contributed by atoms with Crippen LogP contribution in [0, 0.1) is 0 Å². The van der Waals surface area contributed by atoms with E-state index in [9.17, 15) is 0 Å². The van der Waals surface area contributed by atoms with E-state index in [2.05, 4.69) is 72.8 Å². The van der Waals surface area contributed by atoms with Gasteiger partial charge in [-0.15, -0.1) is 0 Å². The van der Waals surface area contributed by atoms with Crippen LogP contribution in [0.15, 0.2) is 72.8 Å². The third-order valence-electron chi connectivity index (χ3n) is 4.39. The number of rotatable bonds is 0. The number of hydrogen-bond donors (Lipinski definition) is 0. The molecule has 0 nitrogen and oxygen atoms in total. The van der Waals surface area contributed by atoms with Gasteiger partial charge in [0.05, 0.1) is 0 Å². The van der Waals surface area contributed by atoms with Crippen LogP contribution in [0.3, 0.4) is 0 Å². The van der Waals surface area contributed by atoms with E-state index in [1.807, 2.05) is 0 Å². The van der Waals surface area contributed by atoms with Crippen molar-refractivity contribution in [2.75, 3.05) is 0 Å². The minimum absolute atomic E-state index is 0. The molecule has 0 saturated heterocycles. The first-order valence-electron chi connectivity index (χ1n) is 6.98. The molecule has 0 fully saturated rings. The molecular formula is C20H12Ag. The molecule has 0 unspecified atom stereocenters. The van der Waals surface area contributed by atoms with Gasteiger partial charge in [-0.1, -0.05) is 72.8 Å². The Bertz CT molecular complexity index is 923. The van der Waals surface area contributed by atoms with Gasteiger partial charge in [0.15, 0.2) is 0 Å². The monoisotopic (exact) mass is 359 g/mol. The number of fused-ring (bicyclic) bond motifs is 2. The molecule has 0 aliphatic heterocycles. The molecule has 1 radical (unpaired) electrons. The summed E-state index contributed by atoms with van der Waals surface area (Å²) in [5.74, 6) is 0. The van der Waals surface area contributed by atoms with E-state index in [-0.39, 0.29) is 22.4 Å². The van der Waals surface area contributed by atoms with Crippen molar-refractivity contribution in [3.8, 4) is 0 Å². The molecule has 103 valence electrons. The molecule has 0 amide bonds. The Labute approximate surface area is 138 Å². The molecule has 0 atom stereocenters. The van der Waals surface area contributed by atoms with Crippen molar-refractivity contribution in [1.29, 1.82) is 0 Å². The van der Waals surface area contributed by atoms with Crippen molar-refractivity contribution < 1.29 is 22.4 Å². The van der Waals surface area contributed by atoms with Gasteiger partial charge in [-0.25, -0.2) is 0 Å². The van der Waals surface area contributed by atoms with E-state index in [1.165, 1.54) is 43.1 Å². The fourth-order valence-electron chi connectivity index (χ4n) is 3.58. The predicted molar refractivity (Wildman–Crippen MR) is 87.7 cm³/mol. The third kappa shape index (κ3) is 1.61. The Balaban J connectivity index is 0.00000115. The Morgan fingerprint density at radius 2 is 0.667 bits per heavy atom. The van der Waals surface area contributed by atoms with Gasteiger partial charge in [-0.05, 0) is 43.1 Å². The molecule has 0 spiro atoms. The first-order valence-corrected chi connectivity index (χ1v) is 6.98. The largest absolute Gasteiger partial charge is 0.0610 e. The average molecular weight is 360 g/mol. The van der Waals surface area contributed by atoms with E-state index >= 15 is 0 Å². The topological polar surface area (TPSA) is 0 Å². The second kappa shape index (κ2) is 4.57. The van der Waals surface area contributed by atoms with Gasteiger partial charge in [-0.2, -0.15) is 0 Å². The normalized spacial score (nSPS) is 11.4. The van der Waals surface area contributed by atoms with Crippen molar-refractivity contribution in [2.24, 2.45) is 0 Å². The molecule has 0 aliphatic rings. The summed E-state index contributed by atoms with van der Waals surface area (Å²) in [5.41, 5.74) is 0. The minimum Gasteiger partial charge on any atom is -0.0610 e. The molecule has 0 N–H and O–H groups in total. The van der Waals surface area contributed by atoms with Crippen LogP contribution in [0.4, 0.5) is 0 Å². The van der Waals surface area contributed by atoms with Crippen molar-refractivity contribution in [1.82, 2.24) is 0 Å². The molecule has 0 saturated carbocycles. The van der Waals surface area contributed by atoms with Crippen LogP contribution in [0.1, 0.15) is 0 Å². The minimum atomic E-state index is 0. The fourth-order valence-corrected chi connectivity index (χ4v) is 3.58. The van der Waals surface area contributed by atoms with Crippen molar-refractivity contribution in [2.45, 2.75) is 0 Å². The molecule has 0 aliphatic carbocycles.